The number of nitrogens with one attached hydrogen (secondary N) is 2. The van der Waals surface area contributed by atoms with E-state index in [4.69, 9.17) is 0 Å². The molecule has 3 nitrogen and oxygen atoms in total. The largest absolute Gasteiger partial charge is 0.372 e. The number of amides is 1. The van der Waals surface area contributed by atoms with Gasteiger partial charge in [-0.3, -0.25) is 4.79 Å². The van der Waals surface area contributed by atoms with Gasteiger partial charge in [-0.05, 0) is 24.3 Å². The highest BCUT2D eigenvalue weighted by Crippen LogP contribution is 2.07. The van der Waals surface area contributed by atoms with Crippen molar-refractivity contribution in [1.29, 1.82) is 0 Å². The van der Waals surface area contributed by atoms with Crippen molar-refractivity contribution in [2.75, 3.05) is 10.6 Å². The Labute approximate surface area is 100 Å². The molecule has 2 aromatic rings. The summed E-state index contributed by atoms with van der Waals surface area (Å²) < 4.78 is 0. The predicted octanol–water partition coefficient (Wildman–Crippen LogP) is 2.90. The summed E-state index contributed by atoms with van der Waals surface area (Å²) in [6.07, 6.45) is 0. The van der Waals surface area contributed by atoms with E-state index in [0.717, 1.165) is 11.4 Å². The Bertz CT molecular complexity index is 468. The van der Waals surface area contributed by atoms with Gasteiger partial charge < -0.3 is 10.6 Å². The van der Waals surface area contributed by atoms with Crippen LogP contribution in [-0.2, 0) is 4.79 Å². The first-order chi connectivity index (χ1) is 8.34. The molecule has 85 valence electrons. The summed E-state index contributed by atoms with van der Waals surface area (Å²) in [7, 11) is 0. The van der Waals surface area contributed by atoms with Gasteiger partial charge in [-0.2, -0.15) is 0 Å². The van der Waals surface area contributed by atoms with Crippen LogP contribution in [-0.4, -0.2) is 5.91 Å². The third-order valence-corrected chi connectivity index (χ3v) is 2.19. The third-order valence-electron chi connectivity index (χ3n) is 2.19. The van der Waals surface area contributed by atoms with E-state index >= 15 is 0 Å². The first-order valence-corrected chi connectivity index (χ1v) is 5.35. The Balaban J connectivity index is 1.83. The highest BCUT2D eigenvalue weighted by molar-refractivity contribution is 5.98. The summed E-state index contributed by atoms with van der Waals surface area (Å²) in [5.74, 6) is -0.181. The summed E-state index contributed by atoms with van der Waals surface area (Å²) in [5, 5.41) is 5.68. The maximum atomic E-state index is 11.6. The fraction of sp³-hybridized carbons (Fsp3) is 0. The van der Waals surface area contributed by atoms with Gasteiger partial charge in [0.1, 0.15) is 6.54 Å². The summed E-state index contributed by atoms with van der Waals surface area (Å²) >= 11 is 0. The zero-order valence-electron chi connectivity index (χ0n) is 9.26. The van der Waals surface area contributed by atoms with E-state index in [-0.39, 0.29) is 5.91 Å². The van der Waals surface area contributed by atoms with Crippen molar-refractivity contribution in [2.45, 2.75) is 0 Å². The Hall–Kier alpha value is -2.29. The quantitative estimate of drug-likeness (QED) is 0.840. The molecular formula is C14H13N2O. The lowest BCUT2D eigenvalue weighted by Crippen LogP contribution is -2.16. The van der Waals surface area contributed by atoms with Gasteiger partial charge in [-0.15, -0.1) is 0 Å². The third kappa shape index (κ3) is 3.65. The van der Waals surface area contributed by atoms with E-state index in [0.29, 0.717) is 0 Å². The van der Waals surface area contributed by atoms with Gasteiger partial charge in [0.25, 0.3) is 0 Å². The van der Waals surface area contributed by atoms with Gasteiger partial charge >= 0.3 is 0 Å². The minimum absolute atomic E-state index is 0.181. The van der Waals surface area contributed by atoms with Gasteiger partial charge in [-0.25, -0.2) is 0 Å². The second kappa shape index (κ2) is 5.70. The molecule has 0 aliphatic carbocycles. The Morgan fingerprint density at radius 2 is 1.35 bits per heavy atom. The molecule has 0 aliphatic rings. The first-order valence-electron chi connectivity index (χ1n) is 5.35. The van der Waals surface area contributed by atoms with Gasteiger partial charge in [0.15, 0.2) is 0 Å². The van der Waals surface area contributed by atoms with E-state index in [1.165, 1.54) is 6.54 Å². The number of rotatable bonds is 4. The monoisotopic (exact) mass is 225 g/mol. The lowest BCUT2D eigenvalue weighted by Gasteiger charge is -2.06. The van der Waals surface area contributed by atoms with Crippen LogP contribution in [0.3, 0.4) is 0 Å². The van der Waals surface area contributed by atoms with Crippen LogP contribution in [0.15, 0.2) is 60.7 Å². The molecule has 0 heterocycles. The molecule has 0 bridgehead atoms. The molecule has 0 saturated heterocycles. The summed E-state index contributed by atoms with van der Waals surface area (Å²) in [6, 6.07) is 18.9. The fourth-order valence-corrected chi connectivity index (χ4v) is 1.38. The van der Waals surface area contributed by atoms with Crippen LogP contribution in [0, 0.1) is 6.54 Å². The van der Waals surface area contributed by atoms with Crippen LogP contribution in [0.2, 0.25) is 0 Å². The predicted molar refractivity (Wildman–Crippen MR) is 69.4 cm³/mol. The van der Waals surface area contributed by atoms with Crippen LogP contribution in [0.25, 0.3) is 0 Å². The molecule has 0 aliphatic heterocycles. The van der Waals surface area contributed by atoms with Crippen molar-refractivity contribution in [1.82, 2.24) is 0 Å². The Kier molecular flexibility index (Phi) is 3.76. The molecule has 0 unspecified atom stereocenters. The van der Waals surface area contributed by atoms with Gasteiger partial charge in [-0.1, -0.05) is 36.4 Å². The van der Waals surface area contributed by atoms with E-state index < -0.39 is 0 Å². The molecular weight excluding hydrogens is 212 g/mol. The topological polar surface area (TPSA) is 41.1 Å². The Morgan fingerprint density at radius 3 is 1.94 bits per heavy atom. The number of para-hydroxylation sites is 2. The molecule has 1 radical (unpaired) electrons. The van der Waals surface area contributed by atoms with Crippen molar-refractivity contribution in [3.63, 3.8) is 0 Å². The molecule has 17 heavy (non-hydrogen) atoms. The maximum absolute atomic E-state index is 11.6. The zero-order valence-corrected chi connectivity index (χ0v) is 9.26. The minimum atomic E-state index is -0.181. The molecule has 0 fully saturated rings. The van der Waals surface area contributed by atoms with E-state index in [9.17, 15) is 4.79 Å². The van der Waals surface area contributed by atoms with E-state index in [1.54, 1.807) is 0 Å². The second-order valence-electron chi connectivity index (χ2n) is 3.51. The highest BCUT2D eigenvalue weighted by Gasteiger charge is 2.01. The average Bonchev–Trinajstić information content (AvgIpc) is 2.39. The average molecular weight is 225 g/mol. The van der Waals surface area contributed by atoms with Gasteiger partial charge in [0.05, 0.1) is 0 Å². The van der Waals surface area contributed by atoms with E-state index in [2.05, 4.69) is 10.6 Å². The van der Waals surface area contributed by atoms with Gasteiger partial charge in [0, 0.05) is 11.4 Å². The molecule has 0 aromatic heterocycles. The zero-order chi connectivity index (χ0) is 11.9. The number of benzene rings is 2. The maximum Gasteiger partial charge on any atom is 0.249 e. The van der Waals surface area contributed by atoms with Crippen molar-refractivity contribution in [3.05, 3.63) is 67.2 Å². The van der Waals surface area contributed by atoms with E-state index in [1.807, 2.05) is 60.7 Å². The number of anilines is 2. The number of hydrogen-bond acceptors (Lipinski definition) is 2. The SMILES string of the molecule is O=C([CH]Nc1ccccc1)Nc1ccccc1. The van der Waals surface area contributed by atoms with Crippen LogP contribution < -0.4 is 10.6 Å². The molecule has 2 N–H and O–H groups in total. The summed E-state index contributed by atoms with van der Waals surface area (Å²) in [6.45, 7) is 1.41. The Morgan fingerprint density at radius 1 is 0.824 bits per heavy atom. The highest BCUT2D eigenvalue weighted by atomic mass is 16.1. The van der Waals surface area contributed by atoms with Crippen LogP contribution in [0.5, 0.6) is 0 Å². The van der Waals surface area contributed by atoms with Crippen LogP contribution in [0.1, 0.15) is 0 Å². The minimum Gasteiger partial charge on any atom is -0.372 e. The second-order valence-corrected chi connectivity index (χ2v) is 3.51. The van der Waals surface area contributed by atoms with Crippen LogP contribution >= 0.6 is 0 Å². The molecule has 0 saturated carbocycles. The number of hydrogen-bond donors (Lipinski definition) is 2. The van der Waals surface area contributed by atoms with Crippen LogP contribution in [0.4, 0.5) is 11.4 Å². The summed E-state index contributed by atoms with van der Waals surface area (Å²) in [4.78, 5) is 11.6. The smallest absolute Gasteiger partial charge is 0.249 e. The first kappa shape index (κ1) is 11.2. The van der Waals surface area contributed by atoms with Crippen molar-refractivity contribution in [2.24, 2.45) is 0 Å². The lowest BCUT2D eigenvalue weighted by atomic mass is 10.3. The molecule has 0 atom stereocenters. The molecule has 0 spiro atoms. The lowest BCUT2D eigenvalue weighted by molar-refractivity contribution is -0.113. The number of carbonyl (C=O) groups excluding carboxylic acids is 1. The molecule has 2 rings (SSSR count). The molecule has 3 heteroatoms. The van der Waals surface area contributed by atoms with Gasteiger partial charge in [0.2, 0.25) is 5.91 Å². The molecule has 1 amide bonds. The van der Waals surface area contributed by atoms with Crippen molar-refractivity contribution >= 4 is 17.3 Å². The van der Waals surface area contributed by atoms with Crippen molar-refractivity contribution in [3.8, 4) is 0 Å². The number of carbonyl (C=O) groups is 1. The standard InChI is InChI=1S/C14H13N2O/c17-14(16-13-9-5-2-6-10-13)11-15-12-7-3-1-4-8-12/h1-11,15H,(H,16,17). The normalized spacial score (nSPS) is 9.65. The van der Waals surface area contributed by atoms with Crippen molar-refractivity contribution < 1.29 is 4.79 Å². The molecule has 2 aromatic carbocycles. The summed E-state index contributed by atoms with van der Waals surface area (Å²) in [5.41, 5.74) is 1.67. The fourth-order valence-electron chi connectivity index (χ4n) is 1.38.